The van der Waals surface area contributed by atoms with Crippen LogP contribution >= 0.6 is 0 Å². The summed E-state index contributed by atoms with van der Waals surface area (Å²) in [6.07, 6.45) is 6.19. The Kier molecular flexibility index (Phi) is 5.48. The van der Waals surface area contributed by atoms with Gasteiger partial charge in [0.15, 0.2) is 5.82 Å². The summed E-state index contributed by atoms with van der Waals surface area (Å²) in [7, 11) is -3.48. The van der Waals surface area contributed by atoms with Crippen LogP contribution in [0.4, 0.5) is 5.69 Å². The number of hydrogen-bond donors (Lipinski definition) is 1. The summed E-state index contributed by atoms with van der Waals surface area (Å²) >= 11 is 0. The first-order valence-electron chi connectivity index (χ1n) is 9.94. The highest BCUT2D eigenvalue weighted by atomic mass is 32.2. The standard InChI is InChI=1S/C21H24N6O3S/c1-14(2)26-13-24-20(25-26)18-12-27(31(3,29)30)19-7-6-16(9-17(18)19)21(28)23-11-15-5-4-8-22-10-15/h4-10,13-14,18H,11-12H2,1-3H3,(H,23,28). The molecule has 0 radical (unpaired) electrons. The number of aromatic nitrogens is 4. The molecule has 1 unspecified atom stereocenters. The van der Waals surface area contributed by atoms with Gasteiger partial charge in [0, 0.05) is 37.1 Å². The molecule has 0 spiro atoms. The fourth-order valence-corrected chi connectivity index (χ4v) is 4.53. The summed E-state index contributed by atoms with van der Waals surface area (Å²) in [4.78, 5) is 21.2. The molecule has 2 aromatic heterocycles. The summed E-state index contributed by atoms with van der Waals surface area (Å²) < 4.78 is 27.8. The monoisotopic (exact) mass is 440 g/mol. The second kappa shape index (κ2) is 8.10. The highest BCUT2D eigenvalue weighted by molar-refractivity contribution is 7.92. The molecular weight excluding hydrogens is 416 g/mol. The highest BCUT2D eigenvalue weighted by Crippen LogP contribution is 2.40. The number of carbonyl (C=O) groups is 1. The SMILES string of the molecule is CC(C)n1cnc(C2CN(S(C)(=O)=O)c3ccc(C(=O)NCc4cccnc4)cc32)n1. The normalized spacial score (nSPS) is 15.9. The van der Waals surface area contributed by atoms with Gasteiger partial charge in [0.05, 0.1) is 17.9 Å². The van der Waals surface area contributed by atoms with Crippen molar-refractivity contribution in [2.24, 2.45) is 0 Å². The largest absolute Gasteiger partial charge is 0.348 e. The van der Waals surface area contributed by atoms with Gasteiger partial charge in [-0.1, -0.05) is 6.07 Å². The maximum absolute atomic E-state index is 12.7. The van der Waals surface area contributed by atoms with Gasteiger partial charge in [0.2, 0.25) is 10.0 Å². The van der Waals surface area contributed by atoms with E-state index >= 15 is 0 Å². The molecule has 1 amide bonds. The average molecular weight is 441 g/mol. The quantitative estimate of drug-likeness (QED) is 0.629. The molecule has 3 heterocycles. The molecule has 162 valence electrons. The van der Waals surface area contributed by atoms with Crippen LogP contribution in [0.2, 0.25) is 0 Å². The highest BCUT2D eigenvalue weighted by Gasteiger charge is 2.37. The molecule has 0 bridgehead atoms. The van der Waals surface area contributed by atoms with E-state index < -0.39 is 10.0 Å². The number of amides is 1. The van der Waals surface area contributed by atoms with Crippen molar-refractivity contribution in [1.29, 1.82) is 0 Å². The van der Waals surface area contributed by atoms with Crippen molar-refractivity contribution in [3.8, 4) is 0 Å². The lowest BCUT2D eigenvalue weighted by molar-refractivity contribution is 0.0951. The molecule has 3 aromatic rings. The predicted octanol–water partition coefficient (Wildman–Crippen LogP) is 2.10. The Balaban J connectivity index is 1.65. The Morgan fingerprint density at radius 2 is 2.10 bits per heavy atom. The number of hydrogen-bond acceptors (Lipinski definition) is 6. The maximum atomic E-state index is 12.7. The average Bonchev–Trinajstić information content (AvgIpc) is 3.37. The predicted molar refractivity (Wildman–Crippen MR) is 116 cm³/mol. The van der Waals surface area contributed by atoms with Crippen LogP contribution in [0.25, 0.3) is 0 Å². The van der Waals surface area contributed by atoms with Gasteiger partial charge in [0.25, 0.3) is 5.91 Å². The Hall–Kier alpha value is -3.27. The van der Waals surface area contributed by atoms with E-state index in [-0.39, 0.29) is 24.4 Å². The van der Waals surface area contributed by atoms with Crippen LogP contribution in [0.1, 0.15) is 53.1 Å². The first-order chi connectivity index (χ1) is 14.7. The number of pyridine rings is 1. The van der Waals surface area contributed by atoms with Gasteiger partial charge in [-0.25, -0.2) is 13.4 Å². The third-order valence-corrected chi connectivity index (χ3v) is 6.37. The lowest BCUT2D eigenvalue weighted by Gasteiger charge is -2.16. The van der Waals surface area contributed by atoms with Gasteiger partial charge in [-0.2, -0.15) is 5.10 Å². The van der Waals surface area contributed by atoms with Crippen LogP contribution in [0.5, 0.6) is 0 Å². The number of nitrogens with zero attached hydrogens (tertiary/aromatic N) is 5. The minimum Gasteiger partial charge on any atom is -0.348 e. The summed E-state index contributed by atoms with van der Waals surface area (Å²) in [5.41, 5.74) is 2.62. The van der Waals surface area contributed by atoms with E-state index in [1.165, 1.54) is 10.6 Å². The van der Waals surface area contributed by atoms with Gasteiger partial charge >= 0.3 is 0 Å². The maximum Gasteiger partial charge on any atom is 0.251 e. The molecule has 0 fully saturated rings. The Bertz CT molecular complexity index is 1210. The van der Waals surface area contributed by atoms with Crippen molar-refractivity contribution in [2.45, 2.75) is 32.4 Å². The van der Waals surface area contributed by atoms with Crippen LogP contribution in [-0.2, 0) is 16.6 Å². The van der Waals surface area contributed by atoms with Crippen LogP contribution in [0.15, 0.2) is 49.1 Å². The Morgan fingerprint density at radius 3 is 2.74 bits per heavy atom. The zero-order chi connectivity index (χ0) is 22.2. The summed E-state index contributed by atoms with van der Waals surface area (Å²) in [5, 5.41) is 7.41. The van der Waals surface area contributed by atoms with Crippen molar-refractivity contribution >= 4 is 21.6 Å². The number of rotatable bonds is 6. The first-order valence-corrected chi connectivity index (χ1v) is 11.8. The number of anilines is 1. The number of carbonyl (C=O) groups excluding carboxylic acids is 1. The van der Waals surface area contributed by atoms with Crippen molar-refractivity contribution in [3.05, 3.63) is 71.6 Å². The fourth-order valence-electron chi connectivity index (χ4n) is 3.58. The third-order valence-electron chi connectivity index (χ3n) is 5.23. The van der Waals surface area contributed by atoms with E-state index in [1.54, 1.807) is 41.6 Å². The number of fused-ring (bicyclic) bond motifs is 1. The molecule has 1 atom stereocenters. The second-order valence-corrected chi connectivity index (χ2v) is 9.75. The molecule has 4 rings (SSSR count). The van der Waals surface area contributed by atoms with Crippen LogP contribution in [-0.4, -0.2) is 46.9 Å². The van der Waals surface area contributed by atoms with Crippen molar-refractivity contribution in [1.82, 2.24) is 25.1 Å². The smallest absolute Gasteiger partial charge is 0.251 e. The molecule has 9 nitrogen and oxygen atoms in total. The lowest BCUT2D eigenvalue weighted by atomic mass is 9.98. The molecule has 31 heavy (non-hydrogen) atoms. The van der Waals surface area contributed by atoms with E-state index in [0.717, 1.165) is 11.1 Å². The van der Waals surface area contributed by atoms with Gasteiger partial charge in [-0.05, 0) is 49.2 Å². The zero-order valence-electron chi connectivity index (χ0n) is 17.6. The third kappa shape index (κ3) is 4.29. The summed E-state index contributed by atoms with van der Waals surface area (Å²) in [5.74, 6) is -0.0614. The number of benzene rings is 1. The zero-order valence-corrected chi connectivity index (χ0v) is 18.4. The molecular formula is C21H24N6O3S. The minimum absolute atomic E-state index is 0.137. The second-order valence-electron chi connectivity index (χ2n) is 7.84. The number of nitrogens with one attached hydrogen (secondary N) is 1. The molecule has 0 saturated carbocycles. The van der Waals surface area contributed by atoms with E-state index in [1.807, 2.05) is 26.0 Å². The van der Waals surface area contributed by atoms with Crippen molar-refractivity contribution in [3.63, 3.8) is 0 Å². The Labute approximate surface area is 181 Å². The van der Waals surface area contributed by atoms with Gasteiger partial charge in [0.1, 0.15) is 6.33 Å². The molecule has 1 N–H and O–H groups in total. The lowest BCUT2D eigenvalue weighted by Crippen LogP contribution is -2.29. The summed E-state index contributed by atoms with van der Waals surface area (Å²) in [6, 6.07) is 8.88. The van der Waals surface area contributed by atoms with Crippen molar-refractivity contribution < 1.29 is 13.2 Å². The van der Waals surface area contributed by atoms with Gasteiger partial charge in [-0.3, -0.25) is 18.8 Å². The molecule has 1 aliphatic heterocycles. The topological polar surface area (TPSA) is 110 Å². The fraction of sp³-hybridized carbons (Fsp3) is 0.333. The molecule has 1 aromatic carbocycles. The first kappa shape index (κ1) is 21.0. The minimum atomic E-state index is -3.48. The molecule has 10 heteroatoms. The molecule has 0 aliphatic carbocycles. The van der Waals surface area contributed by atoms with Crippen molar-refractivity contribution in [2.75, 3.05) is 17.1 Å². The summed E-state index contributed by atoms with van der Waals surface area (Å²) in [6.45, 7) is 4.54. The van der Waals surface area contributed by atoms with Crippen LogP contribution in [0.3, 0.4) is 0 Å². The Morgan fingerprint density at radius 1 is 1.29 bits per heavy atom. The van der Waals surface area contributed by atoms with Crippen LogP contribution in [0, 0.1) is 0 Å². The van der Waals surface area contributed by atoms with E-state index in [4.69, 9.17) is 0 Å². The van der Waals surface area contributed by atoms with E-state index in [9.17, 15) is 13.2 Å². The van der Waals surface area contributed by atoms with Crippen LogP contribution < -0.4 is 9.62 Å². The van der Waals surface area contributed by atoms with E-state index in [2.05, 4.69) is 20.4 Å². The van der Waals surface area contributed by atoms with E-state index in [0.29, 0.717) is 23.6 Å². The number of sulfonamides is 1. The molecule has 0 saturated heterocycles. The molecule has 1 aliphatic rings. The van der Waals surface area contributed by atoms with Gasteiger partial charge < -0.3 is 5.32 Å². The van der Waals surface area contributed by atoms with Gasteiger partial charge in [-0.15, -0.1) is 0 Å².